The third-order valence-electron chi connectivity index (χ3n) is 19.7. The number of rotatable bonds is 11. The normalized spacial score (nSPS) is 57.9. The monoisotopic (exact) mass is 1080 g/mol. The summed E-state index contributed by atoms with van der Waals surface area (Å²) in [6.45, 7) is 5.60. The Bertz CT molecular complexity index is 2010. The molecule has 0 aromatic carbocycles. The Balaban J connectivity index is 0.848. The van der Waals surface area contributed by atoms with Gasteiger partial charge >= 0.3 is 0 Å². The predicted octanol–water partition coefficient (Wildman–Crippen LogP) is -5.29. The maximum atomic E-state index is 12.8. The van der Waals surface area contributed by atoms with Crippen LogP contribution in [0.3, 0.4) is 0 Å². The van der Waals surface area contributed by atoms with Crippen molar-refractivity contribution in [1.82, 2.24) is 0 Å². The average molecular weight is 1080 g/mol. The largest absolute Gasteiger partial charge is 0.394 e. The molecule has 0 aromatic rings. The first-order valence-corrected chi connectivity index (χ1v) is 26.7. The molecule has 4 aliphatic carbocycles. The van der Waals surface area contributed by atoms with E-state index in [0.29, 0.717) is 38.2 Å². The van der Waals surface area contributed by atoms with Crippen LogP contribution in [-0.2, 0) is 47.4 Å². The first-order chi connectivity index (χ1) is 35.5. The summed E-state index contributed by atoms with van der Waals surface area (Å²) < 4.78 is 60.4. The summed E-state index contributed by atoms with van der Waals surface area (Å²) in [4.78, 5) is 0. The number of hydrogen-bond donors (Lipinski definition) is 15. The van der Waals surface area contributed by atoms with Crippen molar-refractivity contribution in [3.8, 4) is 0 Å². The highest BCUT2D eigenvalue weighted by atomic mass is 16.8. The van der Waals surface area contributed by atoms with Gasteiger partial charge in [-0.3, -0.25) is 0 Å². The Morgan fingerprint density at radius 2 is 1.21 bits per heavy atom. The zero-order valence-corrected chi connectivity index (χ0v) is 42.5. The SMILES string of the molecule is C[C@@H]1CC[C@@]2(OC1)O[C@H]1[C@@H](O)[C@H]3[C@@H]4CC=C5C[C@H](O[C@@H]6O[C@H](CO)[C@H](O[C@@H]7O[C@H](CO)[C@@H](O)[C@H](O[C@@H]8OC[C@@H](O)[C@H](O)[C@H]8O)[C@H]7O[C@@H]7O[C@H](CO)[C@@H](O)[C@H](O)[C@H]7O)[C@H](O)[C@H]6O)[C@H](O)C[C@]5(C)[C@H]4CC[C@]3(C)[C@@]1(O)[C@@H]2C. The third kappa shape index (κ3) is 9.12. The molecule has 10 rings (SSSR count). The second kappa shape index (κ2) is 21.2. The Morgan fingerprint density at radius 1 is 0.600 bits per heavy atom. The van der Waals surface area contributed by atoms with Gasteiger partial charge in [0.1, 0.15) is 103 Å². The number of hydrogen-bond acceptors (Lipinski definition) is 25. The van der Waals surface area contributed by atoms with Crippen LogP contribution in [0.15, 0.2) is 11.6 Å². The second-order valence-electron chi connectivity index (χ2n) is 23.8. The molecule has 75 heavy (non-hydrogen) atoms. The van der Waals surface area contributed by atoms with Crippen LogP contribution in [0, 0.1) is 40.4 Å². The van der Waals surface area contributed by atoms with Gasteiger partial charge in [-0.15, -0.1) is 0 Å². The fraction of sp³-hybridized carbons (Fsp3) is 0.960. The first kappa shape index (κ1) is 57.0. The summed E-state index contributed by atoms with van der Waals surface area (Å²) in [5, 5.41) is 166. The van der Waals surface area contributed by atoms with E-state index in [1.807, 2.05) is 6.92 Å². The molecule has 0 unspecified atom stereocenters. The molecular formula is C50H80O25. The van der Waals surface area contributed by atoms with Crippen molar-refractivity contribution >= 4 is 0 Å². The summed E-state index contributed by atoms with van der Waals surface area (Å²) in [5.41, 5.74) is -1.56. The molecular weight excluding hydrogens is 1000 g/mol. The lowest BCUT2D eigenvalue weighted by Gasteiger charge is -2.60. The minimum Gasteiger partial charge on any atom is -0.394 e. The molecule has 9 fully saturated rings. The highest BCUT2D eigenvalue weighted by molar-refractivity contribution is 5.31. The Hall–Kier alpha value is -1.26. The highest BCUT2D eigenvalue weighted by Gasteiger charge is 2.79. The molecule has 430 valence electrons. The quantitative estimate of drug-likeness (QED) is 0.0860. The second-order valence-corrected chi connectivity index (χ2v) is 23.8. The molecule has 1 spiro atoms. The van der Waals surface area contributed by atoms with E-state index in [-0.39, 0.29) is 36.5 Å². The summed E-state index contributed by atoms with van der Waals surface area (Å²) in [7, 11) is 0. The van der Waals surface area contributed by atoms with Gasteiger partial charge in [0.25, 0.3) is 0 Å². The van der Waals surface area contributed by atoms with Crippen LogP contribution < -0.4 is 0 Å². The van der Waals surface area contributed by atoms with Gasteiger partial charge in [-0.2, -0.15) is 0 Å². The van der Waals surface area contributed by atoms with Crippen molar-refractivity contribution in [2.24, 2.45) is 40.4 Å². The molecule has 15 N–H and O–H groups in total. The Labute approximate surface area is 433 Å². The number of ether oxygens (including phenoxy) is 10. The summed E-state index contributed by atoms with van der Waals surface area (Å²) in [5.74, 6) is -1.32. The lowest BCUT2D eigenvalue weighted by Crippen LogP contribution is -2.68. The van der Waals surface area contributed by atoms with Gasteiger partial charge in [-0.25, -0.2) is 0 Å². The van der Waals surface area contributed by atoms with Crippen LogP contribution >= 0.6 is 0 Å². The lowest BCUT2D eigenvalue weighted by atomic mass is 9.46. The van der Waals surface area contributed by atoms with Crippen LogP contribution in [0.1, 0.15) is 72.6 Å². The first-order valence-electron chi connectivity index (χ1n) is 26.7. The summed E-state index contributed by atoms with van der Waals surface area (Å²) in [6.07, 6.45) is -32.3. The molecule has 0 bridgehead atoms. The van der Waals surface area contributed by atoms with Crippen molar-refractivity contribution in [3.63, 3.8) is 0 Å². The van der Waals surface area contributed by atoms with Crippen LogP contribution in [0.5, 0.6) is 0 Å². The average Bonchev–Trinajstić information content (AvgIpc) is 3.71. The molecule has 0 radical (unpaired) electrons. The molecule has 32 atom stereocenters. The zero-order valence-electron chi connectivity index (χ0n) is 42.5. The van der Waals surface area contributed by atoms with Crippen molar-refractivity contribution in [2.75, 3.05) is 33.0 Å². The molecule has 10 aliphatic rings. The van der Waals surface area contributed by atoms with Crippen LogP contribution in [0.25, 0.3) is 0 Å². The van der Waals surface area contributed by atoms with E-state index in [2.05, 4.69) is 26.8 Å². The Morgan fingerprint density at radius 3 is 1.89 bits per heavy atom. The Kier molecular flexibility index (Phi) is 16.1. The van der Waals surface area contributed by atoms with Gasteiger partial charge < -0.3 is 124 Å². The minimum atomic E-state index is -2.04. The maximum Gasteiger partial charge on any atom is 0.187 e. The van der Waals surface area contributed by atoms with E-state index in [1.54, 1.807) is 0 Å². The summed E-state index contributed by atoms with van der Waals surface area (Å²) in [6, 6.07) is 0. The molecule has 6 heterocycles. The molecule has 3 saturated carbocycles. The van der Waals surface area contributed by atoms with Gasteiger partial charge in [0.05, 0.1) is 51.3 Å². The van der Waals surface area contributed by atoms with Crippen molar-refractivity contribution in [3.05, 3.63) is 11.6 Å². The maximum absolute atomic E-state index is 12.8. The molecule has 0 amide bonds. The third-order valence-corrected chi connectivity index (χ3v) is 19.7. The van der Waals surface area contributed by atoms with Gasteiger partial charge in [0, 0.05) is 17.8 Å². The lowest BCUT2D eigenvalue weighted by molar-refractivity contribution is -0.404. The minimum absolute atomic E-state index is 0.0149. The van der Waals surface area contributed by atoms with Crippen LogP contribution in [0.4, 0.5) is 0 Å². The van der Waals surface area contributed by atoms with Gasteiger partial charge in [0.15, 0.2) is 30.9 Å². The van der Waals surface area contributed by atoms with E-state index in [9.17, 15) is 76.6 Å². The van der Waals surface area contributed by atoms with E-state index in [1.165, 1.54) is 0 Å². The number of allylic oxidation sites excluding steroid dienone is 1. The standard InChI is InChI=1S/C50H80O25/c1-18-7-10-49(67-16-18)19(2)50(65)42(75-49)33(59)29-21-6-5-20-11-25(23(54)12-47(20,3)22(21)8-9-48(29,50)4)68-44-38(64)35(61)39(28(15-53)71-44)72-46-41(74-45-37(63)34(60)31(57)26(13-51)69-45)40(32(58)27(14-52)70-46)73-43-36(62)30(56)24(55)17-66-43/h5,18-19,21-46,51-65H,6-17H2,1-4H3/t18-,19-,21-,22+,23-,24-,25+,26-,27-,28-,29-,30+,31-,32-,33+,34+,35-,36-,37-,38-,39+,40+,41-,42+,43+,44-,45+,46+,47+,48+,49-,50-/m1/s1. The van der Waals surface area contributed by atoms with Crippen molar-refractivity contribution in [1.29, 1.82) is 0 Å². The number of aliphatic hydroxyl groups is 15. The fourth-order valence-corrected chi connectivity index (χ4v) is 15.3. The highest BCUT2D eigenvalue weighted by Crippen LogP contribution is 2.72. The predicted molar refractivity (Wildman–Crippen MR) is 246 cm³/mol. The van der Waals surface area contributed by atoms with E-state index < -0.39 is 190 Å². The van der Waals surface area contributed by atoms with E-state index in [4.69, 9.17) is 47.4 Å². The molecule has 25 nitrogen and oxygen atoms in total. The van der Waals surface area contributed by atoms with Crippen molar-refractivity contribution in [2.45, 2.75) is 225 Å². The van der Waals surface area contributed by atoms with Crippen LogP contribution in [0.2, 0.25) is 0 Å². The van der Waals surface area contributed by atoms with Crippen molar-refractivity contribution < 1.29 is 124 Å². The van der Waals surface area contributed by atoms with Crippen LogP contribution in [-0.4, -0.2) is 262 Å². The molecule has 0 aromatic heterocycles. The topological polar surface area (TPSA) is 396 Å². The summed E-state index contributed by atoms with van der Waals surface area (Å²) >= 11 is 0. The fourth-order valence-electron chi connectivity index (χ4n) is 15.3. The van der Waals surface area contributed by atoms with Gasteiger partial charge in [0.2, 0.25) is 0 Å². The number of aliphatic hydroxyl groups excluding tert-OH is 14. The zero-order chi connectivity index (χ0) is 54.0. The molecule has 6 aliphatic heterocycles. The van der Waals surface area contributed by atoms with Gasteiger partial charge in [-0.05, 0) is 67.6 Å². The smallest absolute Gasteiger partial charge is 0.187 e. The molecule has 6 saturated heterocycles. The molecule has 25 heteroatoms. The van der Waals surface area contributed by atoms with Gasteiger partial charge in [-0.1, -0.05) is 39.3 Å². The van der Waals surface area contributed by atoms with E-state index >= 15 is 0 Å². The number of fused-ring (bicyclic) bond motifs is 7. The van der Waals surface area contributed by atoms with E-state index in [0.717, 1.165) is 12.0 Å².